The smallest absolute Gasteiger partial charge is 0.119 e. The maximum atomic E-state index is 5.41. The van der Waals surface area contributed by atoms with Crippen LogP contribution in [-0.4, -0.2) is 46.1 Å². The summed E-state index contributed by atoms with van der Waals surface area (Å²) in [5, 5.41) is 0. The normalized spacial score (nSPS) is 22.7. The van der Waals surface area contributed by atoms with Crippen molar-refractivity contribution in [1.82, 2.24) is 14.9 Å². The van der Waals surface area contributed by atoms with Crippen LogP contribution in [0.25, 0.3) is 0 Å². The van der Waals surface area contributed by atoms with E-state index in [0.717, 1.165) is 18.8 Å². The van der Waals surface area contributed by atoms with Gasteiger partial charge in [-0.3, -0.25) is 4.90 Å². The number of methoxy groups -OCH3 is 1. The van der Waals surface area contributed by atoms with Crippen LogP contribution in [0.4, 0.5) is 0 Å². The van der Waals surface area contributed by atoms with Crippen molar-refractivity contribution in [2.45, 2.75) is 31.3 Å². The van der Waals surface area contributed by atoms with Gasteiger partial charge >= 0.3 is 0 Å². The molecule has 2 aliphatic heterocycles. The van der Waals surface area contributed by atoms with Gasteiger partial charge in [-0.2, -0.15) is 11.8 Å². The molecule has 0 radical (unpaired) electrons. The van der Waals surface area contributed by atoms with Crippen molar-refractivity contribution < 1.29 is 4.74 Å². The van der Waals surface area contributed by atoms with Gasteiger partial charge in [0, 0.05) is 25.0 Å². The first kappa shape index (κ1) is 15.1. The Hall–Kier alpha value is -1.46. The number of hydrogen-bond acceptors (Lipinski definition) is 4. The zero-order chi connectivity index (χ0) is 15.6. The third kappa shape index (κ3) is 3.00. The molecule has 2 aromatic rings. The Bertz CT molecular complexity index is 666. The van der Waals surface area contributed by atoms with Crippen LogP contribution >= 0.6 is 11.8 Å². The Morgan fingerprint density at radius 1 is 1.30 bits per heavy atom. The lowest BCUT2D eigenvalue weighted by atomic mass is 9.89. The molecule has 4 nitrogen and oxygen atoms in total. The van der Waals surface area contributed by atoms with Crippen LogP contribution in [0.1, 0.15) is 35.7 Å². The number of nitrogens with one attached hydrogen (secondary N) is 1. The molecule has 0 spiro atoms. The van der Waals surface area contributed by atoms with E-state index in [-0.39, 0.29) is 0 Å². The van der Waals surface area contributed by atoms with Crippen molar-refractivity contribution in [2.24, 2.45) is 0 Å². The molecule has 1 aromatic heterocycles. The molecular weight excluding hydrogens is 306 g/mol. The summed E-state index contributed by atoms with van der Waals surface area (Å²) in [6, 6.07) is 9.15. The quantitative estimate of drug-likeness (QED) is 0.938. The fourth-order valence-electron chi connectivity index (χ4n) is 3.80. The van der Waals surface area contributed by atoms with Crippen molar-refractivity contribution >= 4 is 11.8 Å². The van der Waals surface area contributed by atoms with Crippen molar-refractivity contribution in [3.05, 3.63) is 47.5 Å². The molecular formula is C18H23N3OS. The van der Waals surface area contributed by atoms with Crippen LogP contribution in [0.5, 0.6) is 5.75 Å². The molecule has 1 aromatic carbocycles. The number of hydrogen-bond donors (Lipinski definition) is 1. The van der Waals surface area contributed by atoms with E-state index in [1.54, 1.807) is 7.11 Å². The highest BCUT2D eigenvalue weighted by molar-refractivity contribution is 7.99. The van der Waals surface area contributed by atoms with Crippen LogP contribution in [0.3, 0.4) is 0 Å². The second-order valence-corrected chi connectivity index (χ2v) is 7.59. The highest BCUT2D eigenvalue weighted by Gasteiger charge is 2.33. The average molecular weight is 329 g/mol. The summed E-state index contributed by atoms with van der Waals surface area (Å²) in [4.78, 5) is 10.6. The maximum absolute atomic E-state index is 5.41. The van der Waals surface area contributed by atoms with Crippen molar-refractivity contribution in [3.63, 3.8) is 0 Å². The fourth-order valence-corrected chi connectivity index (χ4v) is 4.88. The summed E-state index contributed by atoms with van der Waals surface area (Å²) in [6.45, 7) is 2.06. The standard InChI is InChI=1S/C18H23N3OS/c1-22-15-4-2-3-13(9-15)16-10-21(14-5-7-23-8-6-14)11-17-18(16)20-12-19-17/h2-4,9,12,14,16H,5-8,10-11H2,1H3,(H,19,20). The predicted octanol–water partition coefficient (Wildman–Crippen LogP) is 3.26. The zero-order valence-electron chi connectivity index (χ0n) is 13.5. The van der Waals surface area contributed by atoms with Crippen LogP contribution in [-0.2, 0) is 6.54 Å². The molecule has 1 N–H and O–H groups in total. The SMILES string of the molecule is COc1cccc(C2CN(C3CCSCC3)Cc3[nH]cnc32)c1. The third-order valence-corrected chi connectivity index (χ3v) is 6.11. The molecule has 1 unspecified atom stereocenters. The second-order valence-electron chi connectivity index (χ2n) is 6.37. The van der Waals surface area contributed by atoms with Crippen molar-refractivity contribution in [3.8, 4) is 5.75 Å². The molecule has 122 valence electrons. The van der Waals surface area contributed by atoms with Crippen LogP contribution in [0, 0.1) is 0 Å². The van der Waals surface area contributed by atoms with E-state index in [9.17, 15) is 0 Å². The molecule has 0 saturated carbocycles. The molecule has 0 bridgehead atoms. The first-order valence-electron chi connectivity index (χ1n) is 8.33. The molecule has 4 rings (SSSR count). The minimum absolute atomic E-state index is 0.328. The van der Waals surface area contributed by atoms with Crippen molar-refractivity contribution in [2.75, 3.05) is 25.2 Å². The minimum atomic E-state index is 0.328. The summed E-state index contributed by atoms with van der Waals surface area (Å²) >= 11 is 2.09. The summed E-state index contributed by atoms with van der Waals surface area (Å²) < 4.78 is 5.41. The topological polar surface area (TPSA) is 41.1 Å². The Morgan fingerprint density at radius 2 is 2.17 bits per heavy atom. The molecule has 1 saturated heterocycles. The van der Waals surface area contributed by atoms with E-state index < -0.39 is 0 Å². The summed E-state index contributed by atoms with van der Waals surface area (Å²) in [6.07, 6.45) is 4.45. The van der Waals surface area contributed by atoms with Gasteiger partial charge in [-0.05, 0) is 42.0 Å². The number of H-pyrrole nitrogens is 1. The largest absolute Gasteiger partial charge is 0.497 e. The predicted molar refractivity (Wildman–Crippen MR) is 94.2 cm³/mol. The van der Waals surface area contributed by atoms with E-state index in [1.807, 2.05) is 12.4 Å². The average Bonchev–Trinajstić information content (AvgIpc) is 3.10. The molecule has 23 heavy (non-hydrogen) atoms. The number of aromatic nitrogens is 2. The molecule has 5 heteroatoms. The van der Waals surface area contributed by atoms with E-state index in [0.29, 0.717) is 12.0 Å². The summed E-state index contributed by atoms with van der Waals surface area (Å²) in [5.74, 6) is 3.84. The van der Waals surface area contributed by atoms with E-state index in [4.69, 9.17) is 4.74 Å². The summed E-state index contributed by atoms with van der Waals surface area (Å²) in [5.41, 5.74) is 3.79. The van der Waals surface area contributed by atoms with Gasteiger partial charge in [0.2, 0.25) is 0 Å². The molecule has 1 fully saturated rings. The number of fused-ring (bicyclic) bond motifs is 1. The van der Waals surface area contributed by atoms with Gasteiger partial charge in [0.05, 0.1) is 24.8 Å². The molecule has 1 atom stereocenters. The fraction of sp³-hybridized carbons (Fsp3) is 0.500. The lowest BCUT2D eigenvalue weighted by Gasteiger charge is -2.39. The third-order valence-electron chi connectivity index (χ3n) is 5.06. The number of benzene rings is 1. The van der Waals surface area contributed by atoms with Crippen LogP contribution in [0.2, 0.25) is 0 Å². The van der Waals surface area contributed by atoms with Crippen molar-refractivity contribution in [1.29, 1.82) is 0 Å². The lowest BCUT2D eigenvalue weighted by molar-refractivity contribution is 0.156. The number of ether oxygens (including phenoxy) is 1. The molecule has 3 heterocycles. The van der Waals surface area contributed by atoms with Gasteiger partial charge in [0.1, 0.15) is 5.75 Å². The monoisotopic (exact) mass is 329 g/mol. The molecule has 2 aliphatic rings. The number of imidazole rings is 1. The van der Waals surface area contributed by atoms with Gasteiger partial charge in [0.25, 0.3) is 0 Å². The van der Waals surface area contributed by atoms with E-state index >= 15 is 0 Å². The second kappa shape index (κ2) is 6.57. The van der Waals surface area contributed by atoms with E-state index in [2.05, 4.69) is 44.8 Å². The zero-order valence-corrected chi connectivity index (χ0v) is 14.3. The summed E-state index contributed by atoms with van der Waals surface area (Å²) in [7, 11) is 1.73. The van der Waals surface area contributed by atoms with E-state index in [1.165, 1.54) is 41.3 Å². The minimum Gasteiger partial charge on any atom is -0.497 e. The Kier molecular flexibility index (Phi) is 4.31. The Labute approximate surface area is 141 Å². The molecule has 0 aliphatic carbocycles. The highest BCUT2D eigenvalue weighted by Crippen LogP contribution is 2.35. The Balaban J connectivity index is 1.65. The number of thioether (sulfide) groups is 1. The first-order chi connectivity index (χ1) is 11.3. The lowest BCUT2D eigenvalue weighted by Crippen LogP contribution is -2.43. The first-order valence-corrected chi connectivity index (χ1v) is 9.48. The van der Waals surface area contributed by atoms with Gasteiger partial charge in [-0.15, -0.1) is 0 Å². The van der Waals surface area contributed by atoms with Gasteiger partial charge in [-0.1, -0.05) is 12.1 Å². The number of aromatic amines is 1. The highest BCUT2D eigenvalue weighted by atomic mass is 32.2. The number of nitrogens with zero attached hydrogens (tertiary/aromatic N) is 2. The molecule has 0 amide bonds. The van der Waals surface area contributed by atoms with Crippen LogP contribution < -0.4 is 4.74 Å². The van der Waals surface area contributed by atoms with Crippen LogP contribution in [0.15, 0.2) is 30.6 Å². The Morgan fingerprint density at radius 3 is 3.00 bits per heavy atom. The van der Waals surface area contributed by atoms with Gasteiger partial charge < -0.3 is 9.72 Å². The number of rotatable bonds is 3. The maximum Gasteiger partial charge on any atom is 0.119 e. The van der Waals surface area contributed by atoms with Gasteiger partial charge in [0.15, 0.2) is 0 Å². The van der Waals surface area contributed by atoms with Gasteiger partial charge in [-0.25, -0.2) is 4.98 Å².